The number of hydrogen-bond acceptors (Lipinski definition) is 3. The van der Waals surface area contributed by atoms with Crippen molar-refractivity contribution in [3.05, 3.63) is 41.0 Å². The van der Waals surface area contributed by atoms with Crippen LogP contribution < -0.4 is 5.73 Å². The van der Waals surface area contributed by atoms with Crippen LogP contribution in [0.3, 0.4) is 0 Å². The molecule has 2 amide bonds. The molecule has 0 bridgehead atoms. The monoisotopic (exact) mass is 317 g/mol. The van der Waals surface area contributed by atoms with E-state index in [1.165, 1.54) is 0 Å². The van der Waals surface area contributed by atoms with E-state index in [0.29, 0.717) is 29.2 Å². The standard InChI is InChI=1S/C16H16ClN3O2/c1-9-7-20(8-13(9)15(18)21)16(22)12-6-11(17)5-10-3-2-4-19-14(10)12/h2-6,9,13H,7-8H2,1H3,(H2,18,21)/t9-,13-/m1/s1. The normalized spacial score (nSPS) is 21.3. The van der Waals surface area contributed by atoms with Gasteiger partial charge in [0.2, 0.25) is 5.91 Å². The van der Waals surface area contributed by atoms with Crippen molar-refractivity contribution >= 4 is 34.3 Å². The SMILES string of the molecule is C[C@@H]1CN(C(=O)c2cc(Cl)cc3cccnc23)C[C@H]1C(N)=O. The number of nitrogens with two attached hydrogens (primary N) is 1. The Labute approximate surface area is 133 Å². The highest BCUT2D eigenvalue weighted by Crippen LogP contribution is 2.28. The van der Waals surface area contributed by atoms with E-state index in [9.17, 15) is 9.59 Å². The van der Waals surface area contributed by atoms with E-state index in [1.54, 1.807) is 29.3 Å². The van der Waals surface area contributed by atoms with Crippen LogP contribution in [0, 0.1) is 11.8 Å². The number of carbonyl (C=O) groups excluding carboxylic acids is 2. The Kier molecular flexibility index (Phi) is 3.74. The van der Waals surface area contributed by atoms with Crippen molar-refractivity contribution in [2.75, 3.05) is 13.1 Å². The van der Waals surface area contributed by atoms with E-state index in [2.05, 4.69) is 4.98 Å². The van der Waals surface area contributed by atoms with Gasteiger partial charge in [-0.2, -0.15) is 0 Å². The fourth-order valence-electron chi connectivity index (χ4n) is 2.99. The molecule has 114 valence electrons. The fourth-order valence-corrected chi connectivity index (χ4v) is 3.22. The number of benzene rings is 1. The lowest BCUT2D eigenvalue weighted by atomic mass is 9.98. The summed E-state index contributed by atoms with van der Waals surface area (Å²) in [5, 5.41) is 1.31. The van der Waals surface area contributed by atoms with Gasteiger partial charge in [-0.3, -0.25) is 14.6 Å². The van der Waals surface area contributed by atoms with Crippen LogP contribution in [0.15, 0.2) is 30.5 Å². The van der Waals surface area contributed by atoms with Gasteiger partial charge in [-0.25, -0.2) is 0 Å². The van der Waals surface area contributed by atoms with Crippen LogP contribution >= 0.6 is 11.6 Å². The third-order valence-corrected chi connectivity index (χ3v) is 4.38. The average Bonchev–Trinajstić information content (AvgIpc) is 2.87. The minimum absolute atomic E-state index is 0.0554. The van der Waals surface area contributed by atoms with Crippen LogP contribution in [0.5, 0.6) is 0 Å². The van der Waals surface area contributed by atoms with Gasteiger partial charge >= 0.3 is 0 Å². The highest BCUT2D eigenvalue weighted by Gasteiger charge is 2.36. The predicted molar refractivity (Wildman–Crippen MR) is 84.5 cm³/mol. The lowest BCUT2D eigenvalue weighted by Crippen LogP contribution is -2.32. The molecule has 0 saturated carbocycles. The summed E-state index contributed by atoms with van der Waals surface area (Å²) in [6, 6.07) is 7.07. The van der Waals surface area contributed by atoms with Crippen LogP contribution in [-0.4, -0.2) is 34.8 Å². The molecule has 2 atom stereocenters. The summed E-state index contributed by atoms with van der Waals surface area (Å²) in [4.78, 5) is 30.2. The number of nitrogens with zero attached hydrogens (tertiary/aromatic N) is 2. The molecular formula is C16H16ClN3O2. The van der Waals surface area contributed by atoms with Crippen LogP contribution in [0.1, 0.15) is 17.3 Å². The van der Waals surface area contributed by atoms with E-state index < -0.39 is 0 Å². The van der Waals surface area contributed by atoms with Crippen molar-refractivity contribution in [2.24, 2.45) is 17.6 Å². The Morgan fingerprint density at radius 2 is 2.14 bits per heavy atom. The first-order valence-electron chi connectivity index (χ1n) is 7.10. The maximum Gasteiger partial charge on any atom is 0.256 e. The van der Waals surface area contributed by atoms with E-state index >= 15 is 0 Å². The molecule has 1 aliphatic rings. The number of pyridine rings is 1. The molecule has 1 aromatic heterocycles. The Morgan fingerprint density at radius 3 is 2.82 bits per heavy atom. The first-order chi connectivity index (χ1) is 10.5. The van der Waals surface area contributed by atoms with Crippen molar-refractivity contribution in [1.82, 2.24) is 9.88 Å². The summed E-state index contributed by atoms with van der Waals surface area (Å²) in [6.07, 6.45) is 1.64. The predicted octanol–water partition coefficient (Wildman–Crippen LogP) is 2.08. The van der Waals surface area contributed by atoms with Gasteiger partial charge in [0.15, 0.2) is 0 Å². The zero-order chi connectivity index (χ0) is 15.9. The molecule has 5 nitrogen and oxygen atoms in total. The zero-order valence-electron chi connectivity index (χ0n) is 12.1. The zero-order valence-corrected chi connectivity index (χ0v) is 12.9. The highest BCUT2D eigenvalue weighted by molar-refractivity contribution is 6.32. The molecule has 6 heteroatoms. The number of primary amides is 1. The molecule has 2 N–H and O–H groups in total. The summed E-state index contributed by atoms with van der Waals surface area (Å²) in [5.74, 6) is -0.777. The maximum atomic E-state index is 12.8. The number of aromatic nitrogens is 1. The first-order valence-corrected chi connectivity index (χ1v) is 7.48. The molecule has 1 saturated heterocycles. The average molecular weight is 318 g/mol. The molecule has 22 heavy (non-hydrogen) atoms. The molecule has 0 radical (unpaired) electrons. The van der Waals surface area contributed by atoms with Crippen molar-refractivity contribution in [2.45, 2.75) is 6.92 Å². The van der Waals surface area contributed by atoms with Crippen molar-refractivity contribution in [1.29, 1.82) is 0 Å². The molecular weight excluding hydrogens is 302 g/mol. The number of amides is 2. The van der Waals surface area contributed by atoms with E-state index in [0.717, 1.165) is 5.39 Å². The molecule has 1 aliphatic heterocycles. The summed E-state index contributed by atoms with van der Waals surface area (Å²) in [6.45, 7) is 2.78. The van der Waals surface area contributed by atoms with Gasteiger partial charge in [-0.05, 0) is 24.1 Å². The van der Waals surface area contributed by atoms with Crippen molar-refractivity contribution in [3.8, 4) is 0 Å². The van der Waals surface area contributed by atoms with Crippen molar-refractivity contribution in [3.63, 3.8) is 0 Å². The number of halogens is 1. The van der Waals surface area contributed by atoms with E-state index in [4.69, 9.17) is 17.3 Å². The van der Waals surface area contributed by atoms with E-state index in [1.807, 2.05) is 13.0 Å². The summed E-state index contributed by atoms with van der Waals surface area (Å²) < 4.78 is 0. The first kappa shape index (κ1) is 14.8. The maximum absolute atomic E-state index is 12.8. The molecule has 1 aromatic carbocycles. The minimum atomic E-state index is -0.364. The fraction of sp³-hybridized carbons (Fsp3) is 0.312. The number of hydrogen-bond donors (Lipinski definition) is 1. The molecule has 3 rings (SSSR count). The quantitative estimate of drug-likeness (QED) is 0.921. The number of fused-ring (bicyclic) bond motifs is 1. The second-order valence-electron chi connectivity index (χ2n) is 5.72. The van der Waals surface area contributed by atoms with Crippen molar-refractivity contribution < 1.29 is 9.59 Å². The van der Waals surface area contributed by atoms with Gasteiger partial charge in [0.05, 0.1) is 17.0 Å². The molecule has 0 unspecified atom stereocenters. The number of rotatable bonds is 2. The third-order valence-electron chi connectivity index (χ3n) is 4.17. The second kappa shape index (κ2) is 5.57. The number of carbonyl (C=O) groups is 2. The van der Waals surface area contributed by atoms with Gasteiger partial charge in [-0.15, -0.1) is 0 Å². The molecule has 0 spiro atoms. The van der Waals surface area contributed by atoms with Crippen LogP contribution in [0.4, 0.5) is 0 Å². The molecule has 2 aromatic rings. The lowest BCUT2D eigenvalue weighted by molar-refractivity contribution is -0.122. The highest BCUT2D eigenvalue weighted by atomic mass is 35.5. The topological polar surface area (TPSA) is 76.3 Å². The lowest BCUT2D eigenvalue weighted by Gasteiger charge is -2.17. The van der Waals surface area contributed by atoms with Crippen LogP contribution in [-0.2, 0) is 4.79 Å². The van der Waals surface area contributed by atoms with Gasteiger partial charge in [-0.1, -0.05) is 24.6 Å². The molecule has 1 fully saturated rings. The Hall–Kier alpha value is -2.14. The number of likely N-dealkylation sites (tertiary alicyclic amines) is 1. The Balaban J connectivity index is 1.98. The van der Waals surface area contributed by atoms with E-state index in [-0.39, 0.29) is 23.7 Å². The molecule has 2 heterocycles. The van der Waals surface area contributed by atoms with Gasteiger partial charge in [0.25, 0.3) is 5.91 Å². The summed E-state index contributed by atoms with van der Waals surface area (Å²) in [5.41, 5.74) is 6.47. The second-order valence-corrected chi connectivity index (χ2v) is 6.16. The molecule has 0 aliphatic carbocycles. The van der Waals surface area contributed by atoms with Crippen LogP contribution in [0.25, 0.3) is 10.9 Å². The Bertz CT molecular complexity index is 762. The van der Waals surface area contributed by atoms with Gasteiger partial charge < -0.3 is 10.6 Å². The largest absolute Gasteiger partial charge is 0.369 e. The minimum Gasteiger partial charge on any atom is -0.369 e. The third kappa shape index (κ3) is 2.52. The van der Waals surface area contributed by atoms with Crippen LogP contribution in [0.2, 0.25) is 5.02 Å². The van der Waals surface area contributed by atoms with Gasteiger partial charge in [0, 0.05) is 29.7 Å². The summed E-state index contributed by atoms with van der Waals surface area (Å²) in [7, 11) is 0. The summed E-state index contributed by atoms with van der Waals surface area (Å²) >= 11 is 6.11. The smallest absolute Gasteiger partial charge is 0.256 e. The Morgan fingerprint density at radius 1 is 1.36 bits per heavy atom. The van der Waals surface area contributed by atoms with Gasteiger partial charge in [0.1, 0.15) is 0 Å².